The summed E-state index contributed by atoms with van der Waals surface area (Å²) in [6.07, 6.45) is 3.41. The van der Waals surface area contributed by atoms with Crippen LogP contribution in [0.5, 0.6) is 11.5 Å². The van der Waals surface area contributed by atoms with Crippen LogP contribution in [0.2, 0.25) is 0 Å². The number of benzene rings is 1. The molecule has 2 amide bonds. The lowest BCUT2D eigenvalue weighted by Gasteiger charge is -2.19. The lowest BCUT2D eigenvalue weighted by Crippen LogP contribution is -2.34. The molecule has 0 saturated heterocycles. The van der Waals surface area contributed by atoms with E-state index in [1.807, 2.05) is 44.2 Å². The van der Waals surface area contributed by atoms with Crippen LogP contribution in [0.25, 0.3) is 0 Å². The minimum atomic E-state index is -0.147. The molecule has 0 aliphatic heterocycles. The number of nitrogens with one attached hydrogen (secondary N) is 1. The van der Waals surface area contributed by atoms with Crippen LogP contribution in [-0.4, -0.2) is 29.0 Å². The number of aryl methyl sites for hydroxylation is 1. The summed E-state index contributed by atoms with van der Waals surface area (Å²) in [6, 6.07) is 10.8. The first-order chi connectivity index (χ1) is 11.1. The molecule has 5 heteroatoms. The number of pyridine rings is 1. The minimum Gasteiger partial charge on any atom is -0.457 e. The first-order valence-corrected chi connectivity index (χ1v) is 7.49. The number of hydrogen-bond donors (Lipinski definition) is 1. The Bertz CT molecular complexity index is 668. The molecule has 0 fully saturated rings. The number of aromatic nitrogens is 1. The number of urea groups is 1. The topological polar surface area (TPSA) is 54.5 Å². The summed E-state index contributed by atoms with van der Waals surface area (Å²) in [5, 5.41) is 2.85. The van der Waals surface area contributed by atoms with Crippen molar-refractivity contribution >= 4 is 11.7 Å². The predicted octanol–water partition coefficient (Wildman–Crippen LogP) is 4.22. The molecular formula is C18H21N3O2. The summed E-state index contributed by atoms with van der Waals surface area (Å²) in [5.41, 5.74) is 1.61. The molecule has 23 heavy (non-hydrogen) atoms. The first kappa shape index (κ1) is 16.5. The van der Waals surface area contributed by atoms with Gasteiger partial charge in [-0.05, 0) is 44.2 Å². The van der Waals surface area contributed by atoms with Gasteiger partial charge >= 0.3 is 6.03 Å². The molecule has 0 saturated carbocycles. The maximum atomic E-state index is 12.1. The summed E-state index contributed by atoms with van der Waals surface area (Å²) in [5.74, 6) is 1.43. The maximum absolute atomic E-state index is 12.1. The van der Waals surface area contributed by atoms with Crippen molar-refractivity contribution in [3.63, 3.8) is 0 Å². The fraction of sp³-hybridized carbons (Fsp3) is 0.222. The number of carbonyl (C=O) groups excluding carboxylic acids is 1. The van der Waals surface area contributed by atoms with Gasteiger partial charge in [0.15, 0.2) is 0 Å². The number of carbonyl (C=O) groups is 1. The fourth-order valence-electron chi connectivity index (χ4n) is 2.04. The zero-order valence-corrected chi connectivity index (χ0v) is 13.5. The molecule has 1 heterocycles. The number of nitrogens with zero attached hydrogens (tertiary/aromatic N) is 2. The van der Waals surface area contributed by atoms with Crippen LogP contribution in [0.15, 0.2) is 55.3 Å². The van der Waals surface area contributed by atoms with Crippen molar-refractivity contribution < 1.29 is 9.53 Å². The predicted molar refractivity (Wildman–Crippen MR) is 92.0 cm³/mol. The van der Waals surface area contributed by atoms with Gasteiger partial charge in [-0.3, -0.25) is 4.98 Å². The summed E-state index contributed by atoms with van der Waals surface area (Å²) in [7, 11) is 0. The molecule has 0 atom stereocenters. The van der Waals surface area contributed by atoms with E-state index in [4.69, 9.17) is 4.74 Å². The minimum absolute atomic E-state index is 0.147. The van der Waals surface area contributed by atoms with Crippen LogP contribution in [-0.2, 0) is 0 Å². The summed E-state index contributed by atoms with van der Waals surface area (Å²) < 4.78 is 5.75. The molecule has 5 nitrogen and oxygen atoms in total. The third kappa shape index (κ3) is 4.85. The Hall–Kier alpha value is -2.82. The third-order valence-corrected chi connectivity index (χ3v) is 3.23. The van der Waals surface area contributed by atoms with Crippen molar-refractivity contribution in [3.05, 3.63) is 60.9 Å². The third-order valence-electron chi connectivity index (χ3n) is 3.23. The van der Waals surface area contributed by atoms with Crippen molar-refractivity contribution in [2.75, 3.05) is 18.4 Å². The number of likely N-dealkylation sites (N-methyl/N-ethyl adjacent to an activating group) is 1. The Morgan fingerprint density at radius 2 is 2.04 bits per heavy atom. The van der Waals surface area contributed by atoms with Crippen molar-refractivity contribution in [2.45, 2.75) is 13.8 Å². The number of hydrogen-bond acceptors (Lipinski definition) is 3. The average Bonchev–Trinajstić information content (AvgIpc) is 2.54. The van der Waals surface area contributed by atoms with Crippen LogP contribution >= 0.6 is 0 Å². The van der Waals surface area contributed by atoms with Crippen molar-refractivity contribution in [1.29, 1.82) is 0 Å². The number of ether oxygens (including phenoxy) is 1. The molecular weight excluding hydrogens is 290 g/mol. The molecule has 0 radical (unpaired) electrons. The first-order valence-electron chi connectivity index (χ1n) is 7.49. The molecule has 0 spiro atoms. The highest BCUT2D eigenvalue weighted by Gasteiger charge is 2.09. The van der Waals surface area contributed by atoms with Crippen molar-refractivity contribution in [2.24, 2.45) is 0 Å². The molecule has 2 aromatic rings. The zero-order valence-electron chi connectivity index (χ0n) is 13.5. The Morgan fingerprint density at radius 1 is 1.30 bits per heavy atom. The molecule has 1 aromatic heterocycles. The highest BCUT2D eigenvalue weighted by molar-refractivity contribution is 5.89. The van der Waals surface area contributed by atoms with Gasteiger partial charge in [-0.15, -0.1) is 6.58 Å². The van der Waals surface area contributed by atoms with Gasteiger partial charge in [0.1, 0.15) is 11.5 Å². The second kappa shape index (κ2) is 7.98. The standard InChI is InChI=1S/C18H21N3O2/c1-4-12-21(5-2)18(22)20-15-6-8-16(9-7-15)23-17-10-11-19-14(3)13-17/h4,6-11,13H,1,5,12H2,2-3H3,(H,20,22). The molecule has 0 aliphatic carbocycles. The van der Waals surface area contributed by atoms with Crippen molar-refractivity contribution in [1.82, 2.24) is 9.88 Å². The van der Waals surface area contributed by atoms with Gasteiger partial charge < -0.3 is 15.0 Å². The monoisotopic (exact) mass is 311 g/mol. The smallest absolute Gasteiger partial charge is 0.322 e. The Labute approximate surface area is 136 Å². The highest BCUT2D eigenvalue weighted by Crippen LogP contribution is 2.23. The van der Waals surface area contributed by atoms with E-state index < -0.39 is 0 Å². The quantitative estimate of drug-likeness (QED) is 0.813. The van der Waals surface area contributed by atoms with Gasteiger partial charge in [-0.1, -0.05) is 6.08 Å². The molecule has 120 valence electrons. The van der Waals surface area contributed by atoms with E-state index in [0.717, 1.165) is 17.1 Å². The highest BCUT2D eigenvalue weighted by atomic mass is 16.5. The lowest BCUT2D eigenvalue weighted by atomic mass is 10.3. The van der Waals surface area contributed by atoms with Gasteiger partial charge in [0.2, 0.25) is 0 Å². The SMILES string of the molecule is C=CCN(CC)C(=O)Nc1ccc(Oc2ccnc(C)c2)cc1. The lowest BCUT2D eigenvalue weighted by molar-refractivity contribution is 0.219. The Kier molecular flexibility index (Phi) is 5.74. The Balaban J connectivity index is 1.99. The normalized spacial score (nSPS) is 10.0. The van der Waals surface area contributed by atoms with Gasteiger partial charge in [-0.25, -0.2) is 4.79 Å². The summed E-state index contributed by atoms with van der Waals surface area (Å²) in [4.78, 5) is 17.9. The molecule has 0 aliphatic rings. The van der Waals surface area contributed by atoms with Gasteiger partial charge in [-0.2, -0.15) is 0 Å². The van der Waals surface area contributed by atoms with Crippen LogP contribution in [0, 0.1) is 6.92 Å². The summed E-state index contributed by atoms with van der Waals surface area (Å²) >= 11 is 0. The number of anilines is 1. The van der Waals surface area contributed by atoms with E-state index in [9.17, 15) is 4.79 Å². The molecule has 0 unspecified atom stereocenters. The summed E-state index contributed by atoms with van der Waals surface area (Å²) in [6.45, 7) is 8.64. The molecule has 2 rings (SSSR count). The molecule has 1 aromatic carbocycles. The van der Waals surface area contributed by atoms with E-state index >= 15 is 0 Å². The van der Waals surface area contributed by atoms with Gasteiger partial charge in [0.25, 0.3) is 0 Å². The zero-order chi connectivity index (χ0) is 16.7. The average molecular weight is 311 g/mol. The fourth-order valence-corrected chi connectivity index (χ4v) is 2.04. The second-order valence-electron chi connectivity index (χ2n) is 5.02. The number of amides is 2. The van der Waals surface area contributed by atoms with Crippen LogP contribution < -0.4 is 10.1 Å². The van der Waals surface area contributed by atoms with Gasteiger partial charge in [0.05, 0.1) is 0 Å². The molecule has 0 bridgehead atoms. The van der Waals surface area contributed by atoms with E-state index in [1.165, 1.54) is 0 Å². The van der Waals surface area contributed by atoms with Gasteiger partial charge in [0, 0.05) is 36.7 Å². The van der Waals surface area contributed by atoms with E-state index in [2.05, 4.69) is 16.9 Å². The second-order valence-corrected chi connectivity index (χ2v) is 5.02. The van der Waals surface area contributed by atoms with Crippen molar-refractivity contribution in [3.8, 4) is 11.5 Å². The van der Waals surface area contributed by atoms with Crippen LogP contribution in [0.4, 0.5) is 10.5 Å². The van der Waals surface area contributed by atoms with E-state index in [0.29, 0.717) is 18.8 Å². The molecule has 1 N–H and O–H groups in total. The van der Waals surface area contributed by atoms with Crippen LogP contribution in [0.1, 0.15) is 12.6 Å². The Morgan fingerprint density at radius 3 is 2.65 bits per heavy atom. The number of rotatable bonds is 6. The van der Waals surface area contributed by atoms with E-state index in [1.54, 1.807) is 23.2 Å². The maximum Gasteiger partial charge on any atom is 0.322 e. The largest absolute Gasteiger partial charge is 0.457 e. The van der Waals surface area contributed by atoms with E-state index in [-0.39, 0.29) is 6.03 Å². The van der Waals surface area contributed by atoms with Crippen LogP contribution in [0.3, 0.4) is 0 Å².